The van der Waals surface area contributed by atoms with Gasteiger partial charge < -0.3 is 25.2 Å². The van der Waals surface area contributed by atoms with Gasteiger partial charge in [0.2, 0.25) is 11.6 Å². The molecule has 0 saturated heterocycles. The quantitative estimate of drug-likeness (QED) is 0.237. The van der Waals surface area contributed by atoms with Gasteiger partial charge in [0, 0.05) is 41.3 Å². The van der Waals surface area contributed by atoms with Crippen LogP contribution in [0.1, 0.15) is 61.1 Å². The number of halogens is 1. The molecule has 9 nitrogen and oxygen atoms in total. The number of phenolic OH excluding ortho intramolecular Hbond substituents is 3. The van der Waals surface area contributed by atoms with Crippen LogP contribution in [0, 0.1) is 0 Å². The maximum atomic E-state index is 13.1. The smallest absolute Gasteiger partial charge is 0.303 e. The van der Waals surface area contributed by atoms with E-state index in [1.54, 1.807) is 0 Å². The van der Waals surface area contributed by atoms with E-state index >= 15 is 0 Å². The van der Waals surface area contributed by atoms with Gasteiger partial charge in [0.1, 0.15) is 22.8 Å². The van der Waals surface area contributed by atoms with E-state index in [1.807, 2.05) is 0 Å². The van der Waals surface area contributed by atoms with Gasteiger partial charge in [-0.2, -0.15) is 0 Å². The van der Waals surface area contributed by atoms with Crippen molar-refractivity contribution >= 4 is 39.2 Å². The number of hydrogen-bond donors (Lipinski definition) is 4. The number of ketones is 3. The molecule has 2 aliphatic rings. The van der Waals surface area contributed by atoms with Crippen LogP contribution < -0.4 is 0 Å². The molecule has 0 heterocycles. The number of aliphatic hydroxyl groups is 1. The summed E-state index contributed by atoms with van der Waals surface area (Å²) in [6.07, 6.45) is -0.735. The molecule has 0 saturated carbocycles. The van der Waals surface area contributed by atoms with Crippen molar-refractivity contribution in [3.05, 3.63) is 51.6 Å². The maximum Gasteiger partial charge on any atom is 0.303 e. The van der Waals surface area contributed by atoms with E-state index in [2.05, 4.69) is 20.7 Å². The second kappa shape index (κ2) is 7.42. The Balaban J connectivity index is 1.89. The van der Waals surface area contributed by atoms with E-state index in [-0.39, 0.29) is 28.7 Å². The standard InChI is InChI=1S/C22H17BrO9/c1-8(24)32-7-13(26)22(31)5-10-14(11(23)6-22)20(29)17-16(19(10)28)18(27)9-3-2-4-12(25)15(9)21(17)30/h2-4,11,25,28-29,31H,5-7H2,1H3/t11?,22-/m0/s1. The molecule has 0 aromatic heterocycles. The first kappa shape index (κ1) is 22.0. The van der Waals surface area contributed by atoms with E-state index in [0.717, 1.165) is 6.92 Å². The normalized spacial score (nSPS) is 21.4. The molecular formula is C22H17BrO9. The average Bonchev–Trinajstić information content (AvgIpc) is 2.72. The number of benzene rings is 2. The molecule has 0 radical (unpaired) electrons. The van der Waals surface area contributed by atoms with E-state index in [4.69, 9.17) is 0 Å². The van der Waals surface area contributed by atoms with Crippen molar-refractivity contribution in [3.8, 4) is 17.2 Å². The van der Waals surface area contributed by atoms with Crippen LogP contribution in [0.15, 0.2) is 18.2 Å². The van der Waals surface area contributed by atoms with Gasteiger partial charge in [0.05, 0.1) is 16.7 Å². The SMILES string of the molecule is CC(=O)OCC(=O)[C@]1(O)Cc2c(O)c3c(c(O)c2C(Br)C1)C(=O)c1c(O)cccc1C3=O. The van der Waals surface area contributed by atoms with Crippen molar-refractivity contribution < 1.29 is 44.3 Å². The van der Waals surface area contributed by atoms with Crippen LogP contribution in [0.2, 0.25) is 0 Å². The molecule has 0 bridgehead atoms. The first-order valence-corrected chi connectivity index (χ1v) is 10.4. The molecule has 0 spiro atoms. The van der Waals surface area contributed by atoms with Crippen molar-refractivity contribution in [2.75, 3.05) is 6.61 Å². The molecular weight excluding hydrogens is 488 g/mol. The highest BCUT2D eigenvalue weighted by molar-refractivity contribution is 9.09. The molecule has 0 aliphatic heterocycles. The Morgan fingerprint density at radius 3 is 2.41 bits per heavy atom. The Morgan fingerprint density at radius 2 is 1.75 bits per heavy atom. The third kappa shape index (κ3) is 3.09. The summed E-state index contributed by atoms with van der Waals surface area (Å²) >= 11 is 3.27. The fraction of sp³-hybridized carbons (Fsp3) is 0.273. The van der Waals surface area contributed by atoms with Crippen molar-refractivity contribution in [2.45, 2.75) is 30.2 Å². The summed E-state index contributed by atoms with van der Waals surface area (Å²) in [6, 6.07) is 3.90. The second-order valence-corrected chi connectivity index (χ2v) is 8.89. The number of esters is 1. The lowest BCUT2D eigenvalue weighted by Crippen LogP contribution is -2.46. The van der Waals surface area contributed by atoms with Crippen LogP contribution in [0.3, 0.4) is 0 Å². The van der Waals surface area contributed by atoms with Crippen LogP contribution in [0.25, 0.3) is 0 Å². The van der Waals surface area contributed by atoms with E-state index in [0.29, 0.717) is 0 Å². The first-order chi connectivity index (χ1) is 15.0. The van der Waals surface area contributed by atoms with Gasteiger partial charge in [0.25, 0.3) is 0 Å². The predicted octanol–water partition coefficient (Wildman–Crippen LogP) is 1.82. The zero-order valence-corrected chi connectivity index (χ0v) is 18.2. The molecule has 0 fully saturated rings. The Labute approximate surface area is 189 Å². The number of alkyl halides is 1. The number of Topliss-reactive ketones (excluding diaryl/α,β-unsaturated/α-hetero) is 1. The molecule has 0 amide bonds. The monoisotopic (exact) mass is 504 g/mol. The molecule has 4 N–H and O–H groups in total. The number of carbonyl (C=O) groups excluding carboxylic acids is 4. The highest BCUT2D eigenvalue weighted by Gasteiger charge is 2.48. The summed E-state index contributed by atoms with van der Waals surface area (Å²) in [4.78, 5) is 48.8. The summed E-state index contributed by atoms with van der Waals surface area (Å²) < 4.78 is 4.67. The van der Waals surface area contributed by atoms with Crippen molar-refractivity contribution in [1.82, 2.24) is 0 Å². The lowest BCUT2D eigenvalue weighted by atomic mass is 9.73. The molecule has 2 aromatic rings. The Kier molecular flexibility index (Phi) is 5.09. The minimum Gasteiger partial charge on any atom is -0.507 e. The zero-order chi connectivity index (χ0) is 23.5. The molecule has 166 valence electrons. The second-order valence-electron chi connectivity index (χ2n) is 7.78. The fourth-order valence-electron chi connectivity index (χ4n) is 4.26. The number of rotatable bonds is 3. The molecule has 1 unspecified atom stereocenters. The minimum atomic E-state index is -2.06. The summed E-state index contributed by atoms with van der Waals surface area (Å²) in [5, 5.41) is 43.0. The Hall–Kier alpha value is -3.24. The summed E-state index contributed by atoms with van der Waals surface area (Å²) in [5.41, 5.74) is -3.46. The average molecular weight is 505 g/mol. The van der Waals surface area contributed by atoms with Gasteiger partial charge in [-0.3, -0.25) is 19.2 Å². The predicted molar refractivity (Wildman–Crippen MR) is 111 cm³/mol. The highest BCUT2D eigenvalue weighted by Crippen LogP contribution is 2.53. The van der Waals surface area contributed by atoms with Crippen LogP contribution in [-0.4, -0.2) is 56.0 Å². The maximum absolute atomic E-state index is 13.1. The summed E-state index contributed by atoms with van der Waals surface area (Å²) in [6.45, 7) is 0.415. The number of fused-ring (bicyclic) bond motifs is 3. The molecule has 10 heteroatoms. The molecule has 32 heavy (non-hydrogen) atoms. The Bertz CT molecular complexity index is 1230. The summed E-state index contributed by atoms with van der Waals surface area (Å²) in [5.74, 6) is -4.85. The molecule has 2 atom stereocenters. The Morgan fingerprint density at radius 1 is 1.09 bits per heavy atom. The van der Waals surface area contributed by atoms with Gasteiger partial charge in [-0.25, -0.2) is 0 Å². The zero-order valence-electron chi connectivity index (χ0n) is 16.6. The van der Waals surface area contributed by atoms with Gasteiger partial charge in [-0.05, 0) is 6.07 Å². The van der Waals surface area contributed by atoms with Crippen LogP contribution in [0.5, 0.6) is 17.2 Å². The molecule has 2 aliphatic carbocycles. The van der Waals surface area contributed by atoms with E-state index in [9.17, 15) is 39.6 Å². The van der Waals surface area contributed by atoms with Gasteiger partial charge in [-0.15, -0.1) is 0 Å². The lowest BCUT2D eigenvalue weighted by molar-refractivity contribution is -0.153. The van der Waals surface area contributed by atoms with Gasteiger partial charge in [-0.1, -0.05) is 28.1 Å². The number of hydrogen-bond acceptors (Lipinski definition) is 9. The van der Waals surface area contributed by atoms with Crippen molar-refractivity contribution in [1.29, 1.82) is 0 Å². The summed E-state index contributed by atoms with van der Waals surface area (Å²) in [7, 11) is 0. The minimum absolute atomic E-state index is 0.0474. The van der Waals surface area contributed by atoms with Crippen molar-refractivity contribution in [2.24, 2.45) is 0 Å². The van der Waals surface area contributed by atoms with Gasteiger partial charge in [0.15, 0.2) is 12.4 Å². The topological polar surface area (TPSA) is 158 Å². The lowest BCUT2D eigenvalue weighted by Gasteiger charge is -2.37. The third-order valence-corrected chi connectivity index (χ3v) is 6.56. The van der Waals surface area contributed by atoms with Crippen molar-refractivity contribution in [3.63, 3.8) is 0 Å². The third-order valence-electron chi connectivity index (χ3n) is 5.78. The number of ether oxygens (including phenoxy) is 1. The van der Waals surface area contributed by atoms with Crippen LogP contribution >= 0.6 is 15.9 Å². The van der Waals surface area contributed by atoms with Gasteiger partial charge >= 0.3 is 5.97 Å². The highest BCUT2D eigenvalue weighted by atomic mass is 79.9. The number of aromatic hydroxyl groups is 3. The van der Waals surface area contributed by atoms with Crippen LogP contribution in [0.4, 0.5) is 0 Å². The number of carbonyl (C=O) groups is 4. The number of phenols is 3. The van der Waals surface area contributed by atoms with Crippen LogP contribution in [-0.2, 0) is 20.7 Å². The fourth-order valence-corrected chi connectivity index (χ4v) is 5.28. The largest absolute Gasteiger partial charge is 0.507 e. The molecule has 4 rings (SSSR count). The van der Waals surface area contributed by atoms with E-state index in [1.165, 1.54) is 18.2 Å². The first-order valence-electron chi connectivity index (χ1n) is 9.53. The molecule has 2 aromatic carbocycles. The van der Waals surface area contributed by atoms with E-state index < -0.39 is 75.2 Å².